The number of hydrogen-bond donors (Lipinski definition) is 1. The second kappa shape index (κ2) is 5.56. The largest absolute Gasteiger partial charge is 0.398 e. The van der Waals surface area contributed by atoms with Crippen molar-refractivity contribution in [1.29, 1.82) is 0 Å². The Morgan fingerprint density at radius 1 is 1.60 bits per heavy atom. The molecule has 80 valence electrons. The van der Waals surface area contributed by atoms with E-state index in [1.165, 1.54) is 36.9 Å². The van der Waals surface area contributed by atoms with Crippen LogP contribution in [0.3, 0.4) is 0 Å². The van der Waals surface area contributed by atoms with Gasteiger partial charge in [-0.3, -0.25) is 4.79 Å². The van der Waals surface area contributed by atoms with Crippen LogP contribution in [0.15, 0.2) is 24.3 Å². The lowest BCUT2D eigenvalue weighted by Gasteiger charge is -1.99. The van der Waals surface area contributed by atoms with Crippen LogP contribution >= 0.6 is 11.8 Å². The lowest BCUT2D eigenvalue weighted by molar-refractivity contribution is -0.109. The zero-order valence-corrected chi connectivity index (χ0v) is 9.18. The monoisotopic (exact) mass is 225 g/mol. The molecule has 0 saturated carbocycles. The van der Waals surface area contributed by atoms with Crippen molar-refractivity contribution in [2.45, 2.75) is 6.92 Å². The molecule has 1 aromatic rings. The Balaban J connectivity index is 2.63. The molecule has 15 heavy (non-hydrogen) atoms. The summed E-state index contributed by atoms with van der Waals surface area (Å²) in [6.07, 6.45) is 3.51. The highest BCUT2D eigenvalue weighted by Gasteiger charge is 1.97. The van der Waals surface area contributed by atoms with Crippen LogP contribution in [0.5, 0.6) is 0 Å². The van der Waals surface area contributed by atoms with Crippen LogP contribution in [0.2, 0.25) is 0 Å². The van der Waals surface area contributed by atoms with E-state index in [-0.39, 0.29) is 10.9 Å². The highest BCUT2D eigenvalue weighted by Crippen LogP contribution is 2.15. The van der Waals surface area contributed by atoms with Gasteiger partial charge in [0, 0.05) is 18.4 Å². The van der Waals surface area contributed by atoms with Gasteiger partial charge in [0.05, 0.1) is 0 Å². The van der Waals surface area contributed by atoms with Crippen LogP contribution in [-0.4, -0.2) is 10.9 Å². The van der Waals surface area contributed by atoms with Crippen molar-refractivity contribution in [1.82, 2.24) is 0 Å². The summed E-state index contributed by atoms with van der Waals surface area (Å²) in [4.78, 5) is 10.6. The minimum Gasteiger partial charge on any atom is -0.398 e. The quantitative estimate of drug-likeness (QED) is 0.804. The molecule has 0 amide bonds. The maximum Gasteiger partial charge on any atom is 0.186 e. The number of anilines is 1. The van der Waals surface area contributed by atoms with E-state index in [1.807, 2.05) is 0 Å². The molecule has 0 spiro atoms. The molecule has 4 heteroatoms. The summed E-state index contributed by atoms with van der Waals surface area (Å²) in [7, 11) is 0. The van der Waals surface area contributed by atoms with E-state index in [9.17, 15) is 9.18 Å². The summed E-state index contributed by atoms with van der Waals surface area (Å²) < 4.78 is 12.8. The number of rotatable bonds is 3. The van der Waals surface area contributed by atoms with Crippen LogP contribution in [-0.2, 0) is 4.79 Å². The summed E-state index contributed by atoms with van der Waals surface area (Å²) in [5, 5.41) is 0.0619. The van der Waals surface area contributed by atoms with Crippen molar-refractivity contribution in [2.24, 2.45) is 0 Å². The Morgan fingerprint density at radius 3 is 3.00 bits per heavy atom. The van der Waals surface area contributed by atoms with Crippen molar-refractivity contribution >= 4 is 28.6 Å². The van der Waals surface area contributed by atoms with E-state index in [4.69, 9.17) is 5.73 Å². The van der Waals surface area contributed by atoms with E-state index in [1.54, 1.807) is 12.2 Å². The number of thioether (sulfide) groups is 1. The number of hydrogen-bond acceptors (Lipinski definition) is 3. The SMILES string of the molecule is CC(=O)SCC=Cc1cc(F)ccc1N. The molecular formula is C11H12FNOS. The van der Waals surface area contributed by atoms with Gasteiger partial charge >= 0.3 is 0 Å². The number of nitrogens with two attached hydrogens (primary N) is 1. The Morgan fingerprint density at radius 2 is 2.33 bits per heavy atom. The molecule has 0 radical (unpaired) electrons. The van der Waals surface area contributed by atoms with Crippen LogP contribution < -0.4 is 5.73 Å². The summed E-state index contributed by atoms with van der Waals surface area (Å²) in [6.45, 7) is 1.51. The number of carbonyl (C=O) groups excluding carboxylic acids is 1. The molecule has 2 nitrogen and oxygen atoms in total. The van der Waals surface area contributed by atoms with E-state index < -0.39 is 0 Å². The first kappa shape index (κ1) is 11.8. The average Bonchev–Trinajstić information content (AvgIpc) is 2.17. The Hall–Kier alpha value is -1.29. The Kier molecular flexibility index (Phi) is 4.37. The van der Waals surface area contributed by atoms with E-state index in [0.29, 0.717) is 17.0 Å². The lowest BCUT2D eigenvalue weighted by Crippen LogP contribution is -1.90. The van der Waals surface area contributed by atoms with Gasteiger partial charge in [0.2, 0.25) is 0 Å². The summed E-state index contributed by atoms with van der Waals surface area (Å²) >= 11 is 1.20. The maximum absolute atomic E-state index is 12.8. The zero-order valence-electron chi connectivity index (χ0n) is 8.37. The molecule has 0 aliphatic carbocycles. The van der Waals surface area contributed by atoms with Gasteiger partial charge in [-0.2, -0.15) is 0 Å². The van der Waals surface area contributed by atoms with Gasteiger partial charge in [0.1, 0.15) is 5.82 Å². The van der Waals surface area contributed by atoms with Crippen LogP contribution in [0.4, 0.5) is 10.1 Å². The third-order valence-corrected chi connectivity index (χ3v) is 2.49. The summed E-state index contributed by atoms with van der Waals surface area (Å²) in [5.41, 5.74) is 6.81. The van der Waals surface area contributed by atoms with Gasteiger partial charge in [0.25, 0.3) is 0 Å². The van der Waals surface area contributed by atoms with Crippen LogP contribution in [0.1, 0.15) is 12.5 Å². The fraction of sp³-hybridized carbons (Fsp3) is 0.182. The van der Waals surface area contributed by atoms with Crippen LogP contribution in [0.25, 0.3) is 6.08 Å². The fourth-order valence-electron chi connectivity index (χ4n) is 1.03. The van der Waals surface area contributed by atoms with Crippen molar-refractivity contribution in [3.05, 3.63) is 35.7 Å². The highest BCUT2D eigenvalue weighted by molar-refractivity contribution is 8.13. The third-order valence-electron chi connectivity index (χ3n) is 1.73. The zero-order chi connectivity index (χ0) is 11.3. The van der Waals surface area contributed by atoms with E-state index in [2.05, 4.69) is 0 Å². The lowest BCUT2D eigenvalue weighted by atomic mass is 10.1. The molecule has 0 fully saturated rings. The third kappa shape index (κ3) is 4.16. The van der Waals surface area contributed by atoms with Gasteiger partial charge in [-0.25, -0.2) is 4.39 Å². The molecule has 0 aromatic heterocycles. The molecule has 0 aliphatic heterocycles. The molecule has 1 aromatic carbocycles. The predicted octanol–water partition coefficient (Wildman–Crippen LogP) is 2.70. The molecular weight excluding hydrogens is 213 g/mol. The molecule has 0 atom stereocenters. The topological polar surface area (TPSA) is 43.1 Å². The van der Waals surface area contributed by atoms with E-state index >= 15 is 0 Å². The fourth-order valence-corrected chi connectivity index (χ4v) is 1.46. The van der Waals surface area contributed by atoms with Gasteiger partial charge in [-0.1, -0.05) is 23.9 Å². The molecule has 0 unspecified atom stereocenters. The summed E-state index contributed by atoms with van der Waals surface area (Å²) in [6, 6.07) is 4.20. The van der Waals surface area contributed by atoms with Gasteiger partial charge < -0.3 is 5.73 Å². The molecule has 0 bridgehead atoms. The van der Waals surface area contributed by atoms with Gasteiger partial charge in [-0.05, 0) is 23.8 Å². The molecule has 0 saturated heterocycles. The van der Waals surface area contributed by atoms with Crippen molar-refractivity contribution in [3.8, 4) is 0 Å². The minimum atomic E-state index is -0.317. The Bertz CT molecular complexity index is 390. The molecule has 0 aliphatic rings. The highest BCUT2D eigenvalue weighted by atomic mass is 32.2. The number of carbonyl (C=O) groups is 1. The van der Waals surface area contributed by atoms with Crippen molar-refractivity contribution in [2.75, 3.05) is 11.5 Å². The van der Waals surface area contributed by atoms with E-state index in [0.717, 1.165) is 0 Å². The molecule has 0 heterocycles. The second-order valence-corrected chi connectivity index (χ2v) is 4.18. The maximum atomic E-state index is 12.8. The standard InChI is InChI=1S/C11H12FNOS/c1-8(14)15-6-2-3-9-7-10(12)4-5-11(9)13/h2-5,7H,6,13H2,1H3. The first-order valence-corrected chi connectivity index (χ1v) is 5.43. The van der Waals surface area contributed by atoms with Crippen molar-refractivity contribution < 1.29 is 9.18 Å². The first-order chi connectivity index (χ1) is 7.09. The molecule has 1 rings (SSSR count). The smallest absolute Gasteiger partial charge is 0.186 e. The minimum absolute atomic E-state index is 0.0619. The first-order valence-electron chi connectivity index (χ1n) is 4.44. The average molecular weight is 225 g/mol. The Labute approximate surface area is 92.4 Å². The second-order valence-electron chi connectivity index (χ2n) is 2.98. The number of nitrogen functional groups attached to an aromatic ring is 1. The van der Waals surface area contributed by atoms with Crippen molar-refractivity contribution in [3.63, 3.8) is 0 Å². The van der Waals surface area contributed by atoms with Gasteiger partial charge in [0.15, 0.2) is 5.12 Å². The summed E-state index contributed by atoms with van der Waals surface area (Å²) in [5.74, 6) is 0.258. The molecule has 2 N–H and O–H groups in total. The number of halogens is 1. The van der Waals surface area contributed by atoms with Crippen LogP contribution in [0, 0.1) is 5.82 Å². The van der Waals surface area contributed by atoms with Gasteiger partial charge in [-0.15, -0.1) is 0 Å². The normalized spacial score (nSPS) is 10.8. The predicted molar refractivity (Wildman–Crippen MR) is 63.0 cm³/mol. The number of benzene rings is 1.